The first-order valence-corrected chi connectivity index (χ1v) is 9.93. The standard InChI is InChI=1S/C22H22F3N3O3/c1-26-13-17-14-27(12-16-9-5-6-10-19(16)31-22(23,24)25)21(30)28(17)18(20(26)29)11-15-7-3-2-4-8-15/h2-10,17-18H,11-14H2,1H3/t17-,18+/m1/s1. The molecular weight excluding hydrogens is 411 g/mol. The molecule has 2 aliphatic heterocycles. The van der Waals surface area contributed by atoms with Crippen LogP contribution in [0.5, 0.6) is 5.75 Å². The van der Waals surface area contributed by atoms with E-state index in [0.717, 1.165) is 5.56 Å². The summed E-state index contributed by atoms with van der Waals surface area (Å²) in [6, 6.07) is 14.0. The lowest BCUT2D eigenvalue weighted by Gasteiger charge is -2.40. The van der Waals surface area contributed by atoms with Crippen LogP contribution in [0.15, 0.2) is 54.6 Å². The molecule has 2 saturated heterocycles. The number of hydrogen-bond donors (Lipinski definition) is 0. The maximum absolute atomic E-state index is 13.2. The van der Waals surface area contributed by atoms with Crippen LogP contribution >= 0.6 is 0 Å². The molecule has 0 saturated carbocycles. The van der Waals surface area contributed by atoms with E-state index < -0.39 is 12.4 Å². The van der Waals surface area contributed by atoms with Crippen molar-refractivity contribution in [3.63, 3.8) is 0 Å². The van der Waals surface area contributed by atoms with Crippen molar-refractivity contribution in [3.8, 4) is 5.75 Å². The first-order chi connectivity index (χ1) is 14.7. The highest BCUT2D eigenvalue weighted by molar-refractivity contribution is 5.90. The Kier molecular flexibility index (Phi) is 5.51. The van der Waals surface area contributed by atoms with Gasteiger partial charge in [-0.05, 0) is 11.6 Å². The number of benzene rings is 2. The first-order valence-electron chi connectivity index (χ1n) is 9.93. The molecule has 0 radical (unpaired) electrons. The number of hydrogen-bond acceptors (Lipinski definition) is 3. The Bertz CT molecular complexity index is 967. The van der Waals surface area contributed by atoms with Crippen LogP contribution in [0, 0.1) is 0 Å². The number of amides is 3. The molecule has 9 heteroatoms. The monoisotopic (exact) mass is 433 g/mol. The van der Waals surface area contributed by atoms with E-state index in [1.54, 1.807) is 22.9 Å². The fourth-order valence-corrected chi connectivity index (χ4v) is 4.27. The average Bonchev–Trinajstić information content (AvgIpc) is 3.01. The zero-order valence-electron chi connectivity index (χ0n) is 16.9. The quantitative estimate of drug-likeness (QED) is 0.727. The van der Waals surface area contributed by atoms with Gasteiger partial charge in [-0.3, -0.25) is 4.79 Å². The van der Waals surface area contributed by atoms with Gasteiger partial charge in [0.05, 0.1) is 12.6 Å². The maximum Gasteiger partial charge on any atom is 0.573 e. The highest BCUT2D eigenvalue weighted by Crippen LogP contribution is 2.31. The third-order valence-corrected chi connectivity index (χ3v) is 5.63. The van der Waals surface area contributed by atoms with Crippen molar-refractivity contribution in [2.75, 3.05) is 20.1 Å². The second-order valence-corrected chi connectivity index (χ2v) is 7.80. The smallest absolute Gasteiger partial charge is 0.405 e. The molecular formula is C22H22F3N3O3. The van der Waals surface area contributed by atoms with Gasteiger partial charge in [0.15, 0.2) is 0 Å². The molecule has 0 unspecified atom stereocenters. The summed E-state index contributed by atoms with van der Waals surface area (Å²) in [5.74, 6) is -0.474. The summed E-state index contributed by atoms with van der Waals surface area (Å²) in [6.07, 6.45) is -4.44. The number of halogens is 3. The van der Waals surface area contributed by atoms with Crippen LogP contribution in [0.25, 0.3) is 0 Å². The van der Waals surface area contributed by atoms with Gasteiger partial charge < -0.3 is 19.4 Å². The van der Waals surface area contributed by atoms with Gasteiger partial charge in [0, 0.05) is 32.1 Å². The molecule has 2 heterocycles. The largest absolute Gasteiger partial charge is 0.573 e. The third kappa shape index (κ3) is 4.45. The van der Waals surface area contributed by atoms with E-state index in [-0.39, 0.29) is 35.8 Å². The average molecular weight is 433 g/mol. The predicted molar refractivity (Wildman–Crippen MR) is 106 cm³/mol. The van der Waals surface area contributed by atoms with E-state index in [4.69, 9.17) is 0 Å². The SMILES string of the molecule is CN1C[C@@H]2CN(Cc3ccccc3OC(F)(F)F)C(=O)N2[C@@H](Cc2ccccc2)C1=O. The number of piperazine rings is 1. The van der Waals surface area contributed by atoms with Gasteiger partial charge in [0.25, 0.3) is 0 Å². The number of urea groups is 1. The molecule has 6 nitrogen and oxygen atoms in total. The van der Waals surface area contributed by atoms with Gasteiger partial charge in [-0.15, -0.1) is 13.2 Å². The van der Waals surface area contributed by atoms with Crippen molar-refractivity contribution >= 4 is 11.9 Å². The van der Waals surface area contributed by atoms with Gasteiger partial charge in [0.1, 0.15) is 11.8 Å². The molecule has 0 N–H and O–H groups in total. The first kappa shape index (κ1) is 21.0. The van der Waals surface area contributed by atoms with Gasteiger partial charge in [-0.2, -0.15) is 0 Å². The van der Waals surface area contributed by atoms with E-state index in [2.05, 4.69) is 4.74 Å². The zero-order chi connectivity index (χ0) is 22.2. The van der Waals surface area contributed by atoms with E-state index >= 15 is 0 Å². The van der Waals surface area contributed by atoms with Gasteiger partial charge >= 0.3 is 12.4 Å². The molecule has 0 aliphatic carbocycles. The van der Waals surface area contributed by atoms with Crippen molar-refractivity contribution in [2.24, 2.45) is 0 Å². The van der Waals surface area contributed by atoms with Crippen LogP contribution in [0.1, 0.15) is 11.1 Å². The molecule has 0 aromatic heterocycles. The molecule has 164 valence electrons. The lowest BCUT2D eigenvalue weighted by molar-refractivity contribution is -0.275. The topological polar surface area (TPSA) is 53.1 Å². The summed E-state index contributed by atoms with van der Waals surface area (Å²) in [5.41, 5.74) is 1.19. The van der Waals surface area contributed by atoms with Crippen LogP contribution in [0.3, 0.4) is 0 Å². The van der Waals surface area contributed by atoms with E-state index in [1.807, 2.05) is 30.3 Å². The second-order valence-electron chi connectivity index (χ2n) is 7.80. The Hall–Kier alpha value is -3.23. The molecule has 3 amide bonds. The summed E-state index contributed by atoms with van der Waals surface area (Å²) in [7, 11) is 1.71. The number of para-hydroxylation sites is 1. The summed E-state index contributed by atoms with van der Waals surface area (Å²) in [4.78, 5) is 30.8. The zero-order valence-corrected chi connectivity index (χ0v) is 16.9. The number of carbonyl (C=O) groups excluding carboxylic acids is 2. The fraction of sp³-hybridized carbons (Fsp3) is 0.364. The predicted octanol–water partition coefficient (Wildman–Crippen LogP) is 3.27. The Labute approximate surface area is 177 Å². The maximum atomic E-state index is 13.2. The van der Waals surface area contributed by atoms with Crippen molar-refractivity contribution < 1.29 is 27.5 Å². The number of fused-ring (bicyclic) bond motifs is 1. The van der Waals surface area contributed by atoms with Gasteiger partial charge in [-0.1, -0.05) is 48.5 Å². The highest BCUT2D eigenvalue weighted by atomic mass is 19.4. The van der Waals surface area contributed by atoms with Crippen molar-refractivity contribution in [2.45, 2.75) is 31.4 Å². The molecule has 4 rings (SSSR count). The minimum absolute atomic E-state index is 0.0337. The molecule has 2 fully saturated rings. The lowest BCUT2D eigenvalue weighted by atomic mass is 9.99. The number of carbonyl (C=O) groups is 2. The van der Waals surface area contributed by atoms with Crippen molar-refractivity contribution in [1.29, 1.82) is 0 Å². The van der Waals surface area contributed by atoms with E-state index in [1.165, 1.54) is 23.1 Å². The molecule has 31 heavy (non-hydrogen) atoms. The Morgan fingerprint density at radius 3 is 2.39 bits per heavy atom. The number of alkyl halides is 3. The third-order valence-electron chi connectivity index (χ3n) is 5.63. The lowest BCUT2D eigenvalue weighted by Crippen LogP contribution is -2.60. The highest BCUT2D eigenvalue weighted by Gasteiger charge is 2.48. The molecule has 2 aliphatic rings. The summed E-state index contributed by atoms with van der Waals surface area (Å²) in [5, 5.41) is 0. The molecule has 0 spiro atoms. The fourth-order valence-electron chi connectivity index (χ4n) is 4.27. The number of rotatable bonds is 5. The van der Waals surface area contributed by atoms with Crippen molar-refractivity contribution in [3.05, 3.63) is 65.7 Å². The number of nitrogens with zero attached hydrogens (tertiary/aromatic N) is 3. The van der Waals surface area contributed by atoms with Gasteiger partial charge in [-0.25, -0.2) is 4.79 Å². The minimum Gasteiger partial charge on any atom is -0.405 e. The normalized spacial score (nSPS) is 21.5. The van der Waals surface area contributed by atoms with Gasteiger partial charge in [0.2, 0.25) is 5.91 Å². The van der Waals surface area contributed by atoms with Crippen LogP contribution < -0.4 is 4.74 Å². The summed E-state index contributed by atoms with van der Waals surface area (Å²) >= 11 is 0. The van der Waals surface area contributed by atoms with E-state index in [0.29, 0.717) is 19.5 Å². The second kappa shape index (κ2) is 8.13. The van der Waals surface area contributed by atoms with Crippen LogP contribution in [0.2, 0.25) is 0 Å². The minimum atomic E-state index is -4.82. The Morgan fingerprint density at radius 2 is 1.68 bits per heavy atom. The molecule has 0 bridgehead atoms. The number of likely N-dealkylation sites (N-methyl/N-ethyl adjacent to an activating group) is 1. The van der Waals surface area contributed by atoms with Crippen molar-refractivity contribution in [1.82, 2.24) is 14.7 Å². The molecule has 2 aromatic rings. The summed E-state index contributed by atoms with van der Waals surface area (Å²) in [6.45, 7) is 0.670. The molecule has 2 atom stereocenters. The molecule has 2 aromatic carbocycles. The number of ether oxygens (including phenoxy) is 1. The Morgan fingerprint density at radius 1 is 1.00 bits per heavy atom. The summed E-state index contributed by atoms with van der Waals surface area (Å²) < 4.78 is 42.3. The Balaban J connectivity index is 1.56. The van der Waals surface area contributed by atoms with Crippen LogP contribution in [-0.2, 0) is 17.8 Å². The van der Waals surface area contributed by atoms with Crippen LogP contribution in [0.4, 0.5) is 18.0 Å². The van der Waals surface area contributed by atoms with E-state index in [9.17, 15) is 22.8 Å². The van der Waals surface area contributed by atoms with Crippen LogP contribution in [-0.4, -0.2) is 65.2 Å².